The monoisotopic (exact) mass is 240 g/mol. The number of thiazole rings is 2. The smallest absolute Gasteiger partial charge is 0.284 e. The van der Waals surface area contributed by atoms with Gasteiger partial charge in [-0.3, -0.25) is 10.2 Å². The average Bonchev–Trinajstić information content (AvgIpc) is 2.84. The lowest BCUT2D eigenvalue weighted by Gasteiger charge is -1.91. The van der Waals surface area contributed by atoms with Crippen LogP contribution < -0.4 is 11.3 Å². The lowest BCUT2D eigenvalue weighted by atomic mass is 10.4. The Morgan fingerprint density at radius 3 is 2.80 bits per heavy atom. The Morgan fingerprint density at radius 1 is 1.40 bits per heavy atom. The summed E-state index contributed by atoms with van der Waals surface area (Å²) < 4.78 is 0. The predicted octanol–water partition coefficient (Wildman–Crippen LogP) is 1.18. The van der Waals surface area contributed by atoms with Gasteiger partial charge in [0, 0.05) is 10.8 Å². The van der Waals surface area contributed by atoms with E-state index in [1.807, 2.05) is 17.7 Å². The Hall–Kier alpha value is -1.31. The third kappa shape index (κ3) is 2.04. The topological polar surface area (TPSA) is 80.9 Å². The van der Waals surface area contributed by atoms with Gasteiger partial charge in [0.15, 0.2) is 0 Å². The number of nitrogens with one attached hydrogen (secondary N) is 1. The van der Waals surface area contributed by atoms with Crippen LogP contribution in [0.3, 0.4) is 0 Å². The first-order chi connectivity index (χ1) is 7.20. The van der Waals surface area contributed by atoms with Gasteiger partial charge in [-0.05, 0) is 6.92 Å². The minimum atomic E-state index is -0.385. The van der Waals surface area contributed by atoms with Crippen molar-refractivity contribution < 1.29 is 4.79 Å². The maximum Gasteiger partial charge on any atom is 0.284 e. The van der Waals surface area contributed by atoms with Crippen LogP contribution in [0, 0.1) is 6.92 Å². The summed E-state index contributed by atoms with van der Waals surface area (Å²) in [6.07, 6.45) is 0. The Balaban J connectivity index is 2.31. The molecular weight excluding hydrogens is 232 g/mol. The molecule has 0 aliphatic heterocycles. The van der Waals surface area contributed by atoms with Gasteiger partial charge in [0.2, 0.25) is 0 Å². The van der Waals surface area contributed by atoms with Gasteiger partial charge in [-0.25, -0.2) is 15.8 Å². The largest absolute Gasteiger partial charge is 0.289 e. The van der Waals surface area contributed by atoms with Crippen molar-refractivity contribution in [1.82, 2.24) is 15.4 Å². The lowest BCUT2D eigenvalue weighted by Crippen LogP contribution is -2.30. The molecule has 0 aromatic carbocycles. The summed E-state index contributed by atoms with van der Waals surface area (Å²) in [5.74, 6) is 4.62. The van der Waals surface area contributed by atoms with E-state index in [-0.39, 0.29) is 5.91 Å². The van der Waals surface area contributed by atoms with Crippen LogP contribution in [0.5, 0.6) is 0 Å². The molecule has 2 aromatic rings. The molecule has 0 atom stereocenters. The van der Waals surface area contributed by atoms with E-state index >= 15 is 0 Å². The molecule has 78 valence electrons. The molecule has 7 heteroatoms. The van der Waals surface area contributed by atoms with Crippen molar-refractivity contribution in [1.29, 1.82) is 0 Å². The first-order valence-corrected chi connectivity index (χ1v) is 5.85. The summed E-state index contributed by atoms with van der Waals surface area (Å²) in [5, 5.41) is 5.29. The van der Waals surface area contributed by atoms with Crippen molar-refractivity contribution in [2.75, 3.05) is 0 Å². The molecule has 0 radical (unpaired) electrons. The third-order valence-corrected chi connectivity index (χ3v) is 3.34. The van der Waals surface area contributed by atoms with Crippen molar-refractivity contribution in [3.63, 3.8) is 0 Å². The normalized spacial score (nSPS) is 10.3. The highest BCUT2D eigenvalue weighted by Gasteiger charge is 2.11. The van der Waals surface area contributed by atoms with Crippen molar-refractivity contribution in [2.24, 2.45) is 5.84 Å². The Kier molecular flexibility index (Phi) is 2.76. The number of nitrogens with two attached hydrogens (primary N) is 1. The third-order valence-electron chi connectivity index (χ3n) is 1.71. The van der Waals surface area contributed by atoms with Crippen molar-refractivity contribution in [3.8, 4) is 10.7 Å². The summed E-state index contributed by atoms with van der Waals surface area (Å²) in [4.78, 5) is 19.6. The molecule has 0 spiro atoms. The van der Waals surface area contributed by atoms with Gasteiger partial charge in [-0.1, -0.05) is 0 Å². The van der Waals surface area contributed by atoms with Crippen LogP contribution in [0.25, 0.3) is 10.7 Å². The molecule has 0 unspecified atom stereocenters. The molecule has 0 saturated carbocycles. The molecular formula is C8H8N4OS2. The van der Waals surface area contributed by atoms with E-state index in [0.717, 1.165) is 15.7 Å². The quantitative estimate of drug-likeness (QED) is 0.469. The van der Waals surface area contributed by atoms with Gasteiger partial charge < -0.3 is 0 Å². The molecule has 0 saturated heterocycles. The average molecular weight is 240 g/mol. The molecule has 0 fully saturated rings. The molecule has 0 aliphatic rings. The van der Waals surface area contributed by atoms with Crippen LogP contribution in [-0.2, 0) is 0 Å². The van der Waals surface area contributed by atoms with Crippen LogP contribution >= 0.6 is 22.7 Å². The highest BCUT2D eigenvalue weighted by atomic mass is 32.1. The molecule has 2 aromatic heterocycles. The van der Waals surface area contributed by atoms with E-state index in [1.54, 1.807) is 16.7 Å². The van der Waals surface area contributed by atoms with E-state index in [2.05, 4.69) is 9.97 Å². The number of amides is 1. The minimum Gasteiger partial charge on any atom is -0.289 e. The second kappa shape index (κ2) is 4.05. The van der Waals surface area contributed by atoms with Crippen LogP contribution in [0.15, 0.2) is 10.8 Å². The summed E-state index contributed by atoms with van der Waals surface area (Å²) >= 11 is 2.93. The zero-order chi connectivity index (χ0) is 10.8. The zero-order valence-electron chi connectivity index (χ0n) is 7.85. The number of hydrogen-bond acceptors (Lipinski definition) is 6. The number of hydrogen-bond donors (Lipinski definition) is 2. The van der Waals surface area contributed by atoms with E-state index < -0.39 is 0 Å². The number of rotatable bonds is 2. The SMILES string of the molecule is Cc1nc(-c2nc(C(=O)NN)cs2)cs1. The standard InChI is InChI=1S/C8H8N4OS2/c1-4-10-6(3-14-4)8-11-5(2-15-8)7(13)12-9/h2-3H,9H2,1H3,(H,12,13). The Bertz CT molecular complexity index is 490. The van der Waals surface area contributed by atoms with Crippen molar-refractivity contribution in [3.05, 3.63) is 21.5 Å². The molecule has 2 heterocycles. The fourth-order valence-electron chi connectivity index (χ4n) is 1.03. The van der Waals surface area contributed by atoms with Gasteiger partial charge in [0.25, 0.3) is 5.91 Å². The number of aromatic nitrogens is 2. The molecule has 2 rings (SSSR count). The van der Waals surface area contributed by atoms with Crippen molar-refractivity contribution >= 4 is 28.6 Å². The van der Waals surface area contributed by atoms with E-state index in [4.69, 9.17) is 5.84 Å². The van der Waals surface area contributed by atoms with Crippen LogP contribution in [0.2, 0.25) is 0 Å². The van der Waals surface area contributed by atoms with Gasteiger partial charge in [0.1, 0.15) is 16.4 Å². The summed E-state index contributed by atoms with van der Waals surface area (Å²) in [6.45, 7) is 1.93. The number of nitrogens with zero attached hydrogens (tertiary/aromatic N) is 2. The summed E-state index contributed by atoms with van der Waals surface area (Å²) in [5.41, 5.74) is 3.17. The molecule has 1 amide bonds. The number of hydrazine groups is 1. The summed E-state index contributed by atoms with van der Waals surface area (Å²) in [6, 6.07) is 0. The second-order valence-electron chi connectivity index (χ2n) is 2.76. The maximum absolute atomic E-state index is 11.2. The number of carbonyl (C=O) groups excluding carboxylic acids is 1. The molecule has 15 heavy (non-hydrogen) atoms. The molecule has 0 aliphatic carbocycles. The van der Waals surface area contributed by atoms with Gasteiger partial charge in [-0.2, -0.15) is 0 Å². The van der Waals surface area contributed by atoms with Crippen molar-refractivity contribution in [2.45, 2.75) is 6.92 Å². The zero-order valence-corrected chi connectivity index (χ0v) is 9.48. The predicted molar refractivity (Wildman–Crippen MR) is 59.6 cm³/mol. The lowest BCUT2D eigenvalue weighted by molar-refractivity contribution is 0.0949. The van der Waals surface area contributed by atoms with Gasteiger partial charge in [-0.15, -0.1) is 22.7 Å². The van der Waals surface area contributed by atoms with E-state index in [0.29, 0.717) is 5.69 Å². The number of nitrogen functional groups attached to an aromatic ring is 1. The fraction of sp³-hybridized carbons (Fsp3) is 0.125. The fourth-order valence-corrected chi connectivity index (χ4v) is 2.46. The van der Waals surface area contributed by atoms with E-state index in [1.165, 1.54) is 11.3 Å². The minimum absolute atomic E-state index is 0.322. The number of carbonyl (C=O) groups is 1. The van der Waals surface area contributed by atoms with Gasteiger partial charge >= 0.3 is 0 Å². The van der Waals surface area contributed by atoms with Crippen LogP contribution in [0.4, 0.5) is 0 Å². The molecule has 5 nitrogen and oxygen atoms in total. The van der Waals surface area contributed by atoms with Gasteiger partial charge in [0.05, 0.1) is 5.01 Å². The first kappa shape index (κ1) is 10.2. The van der Waals surface area contributed by atoms with Crippen LogP contribution in [-0.4, -0.2) is 15.9 Å². The number of aryl methyl sites for hydroxylation is 1. The van der Waals surface area contributed by atoms with Crippen LogP contribution in [0.1, 0.15) is 15.5 Å². The molecule has 3 N–H and O–H groups in total. The highest BCUT2D eigenvalue weighted by molar-refractivity contribution is 7.14. The summed E-state index contributed by atoms with van der Waals surface area (Å²) in [7, 11) is 0. The highest BCUT2D eigenvalue weighted by Crippen LogP contribution is 2.24. The Labute approximate surface area is 94.0 Å². The van der Waals surface area contributed by atoms with E-state index in [9.17, 15) is 4.79 Å². The second-order valence-corrected chi connectivity index (χ2v) is 4.68. The Morgan fingerprint density at radius 2 is 2.20 bits per heavy atom. The molecule has 0 bridgehead atoms. The first-order valence-electron chi connectivity index (χ1n) is 4.09. The maximum atomic E-state index is 11.2.